The molecule has 0 amide bonds. The van der Waals surface area contributed by atoms with Gasteiger partial charge < -0.3 is 14.6 Å². The second-order valence-electron chi connectivity index (χ2n) is 3.50. The summed E-state index contributed by atoms with van der Waals surface area (Å²) in [5, 5.41) is 9.67. The summed E-state index contributed by atoms with van der Waals surface area (Å²) in [5.41, 5.74) is 0.222. The fourth-order valence-electron chi connectivity index (χ4n) is 1.38. The highest BCUT2D eigenvalue weighted by molar-refractivity contribution is 6.29. The quantitative estimate of drug-likeness (QED) is 0.485. The molecule has 0 bridgehead atoms. The topological polar surface area (TPSA) is 72.8 Å². The lowest BCUT2D eigenvalue weighted by atomic mass is 10.1. The molecule has 0 radical (unpaired) electrons. The highest BCUT2D eigenvalue weighted by Crippen LogP contribution is 2.37. The molecular formula is C12H13ClO5. The first kappa shape index (κ1) is 14.3. The number of Topliss-reactive ketones (excluding diaryl/α,β-unsaturated/α-hetero) is 2. The summed E-state index contributed by atoms with van der Waals surface area (Å²) >= 11 is 5.33. The van der Waals surface area contributed by atoms with Crippen molar-refractivity contribution in [3.8, 4) is 17.2 Å². The fourth-order valence-corrected chi connectivity index (χ4v) is 1.48. The zero-order chi connectivity index (χ0) is 13.7. The first-order valence-corrected chi connectivity index (χ1v) is 5.62. The molecule has 0 aliphatic heterocycles. The van der Waals surface area contributed by atoms with E-state index in [0.29, 0.717) is 0 Å². The van der Waals surface area contributed by atoms with Gasteiger partial charge in [0, 0.05) is 5.56 Å². The Morgan fingerprint density at radius 2 is 1.72 bits per heavy atom. The molecule has 0 fully saturated rings. The minimum atomic E-state index is -0.405. The fraction of sp³-hybridized carbons (Fsp3) is 0.333. The van der Waals surface area contributed by atoms with E-state index in [1.165, 1.54) is 26.4 Å². The number of phenols is 1. The van der Waals surface area contributed by atoms with Crippen LogP contribution >= 0.6 is 11.6 Å². The van der Waals surface area contributed by atoms with E-state index in [2.05, 4.69) is 0 Å². The van der Waals surface area contributed by atoms with Crippen molar-refractivity contribution in [3.63, 3.8) is 0 Å². The molecule has 1 N–H and O–H groups in total. The van der Waals surface area contributed by atoms with Gasteiger partial charge in [-0.05, 0) is 12.1 Å². The lowest BCUT2D eigenvalue weighted by Gasteiger charge is -2.10. The number of aromatic hydroxyl groups is 1. The summed E-state index contributed by atoms with van der Waals surface area (Å²) in [6.45, 7) is 0. The monoisotopic (exact) mass is 272 g/mol. The number of carbonyl (C=O) groups is 2. The molecule has 1 rings (SSSR count). The summed E-state index contributed by atoms with van der Waals surface area (Å²) in [5.74, 6) is -0.963. The van der Waals surface area contributed by atoms with E-state index in [1.807, 2.05) is 0 Å². The molecule has 0 saturated heterocycles. The van der Waals surface area contributed by atoms with Crippen LogP contribution in [0, 0.1) is 0 Å². The average Bonchev–Trinajstić information content (AvgIpc) is 2.38. The maximum atomic E-state index is 11.8. The maximum absolute atomic E-state index is 11.8. The molecular weight excluding hydrogens is 260 g/mol. The van der Waals surface area contributed by atoms with Gasteiger partial charge in [0.1, 0.15) is 0 Å². The Balaban J connectivity index is 3.09. The lowest BCUT2D eigenvalue weighted by molar-refractivity contribution is -0.115. The first-order chi connectivity index (χ1) is 8.53. The van der Waals surface area contributed by atoms with Crippen molar-refractivity contribution in [1.29, 1.82) is 0 Å². The van der Waals surface area contributed by atoms with Gasteiger partial charge in [-0.2, -0.15) is 0 Å². The van der Waals surface area contributed by atoms with E-state index in [-0.39, 0.29) is 40.9 Å². The number of hydrogen-bond donors (Lipinski definition) is 1. The number of ether oxygens (including phenoxy) is 2. The van der Waals surface area contributed by atoms with E-state index in [1.54, 1.807) is 0 Å². The third kappa shape index (κ3) is 3.13. The van der Waals surface area contributed by atoms with Gasteiger partial charge >= 0.3 is 0 Å². The Morgan fingerprint density at radius 3 is 2.11 bits per heavy atom. The highest BCUT2D eigenvalue weighted by atomic mass is 35.5. The largest absolute Gasteiger partial charge is 0.502 e. The van der Waals surface area contributed by atoms with Crippen molar-refractivity contribution in [3.05, 3.63) is 17.7 Å². The molecule has 0 spiro atoms. The number of halogens is 1. The van der Waals surface area contributed by atoms with E-state index in [9.17, 15) is 14.7 Å². The van der Waals surface area contributed by atoms with Gasteiger partial charge in [0.05, 0.1) is 26.5 Å². The molecule has 6 heteroatoms. The highest BCUT2D eigenvalue weighted by Gasteiger charge is 2.17. The summed E-state index contributed by atoms with van der Waals surface area (Å²) < 4.78 is 9.83. The van der Waals surface area contributed by atoms with E-state index < -0.39 is 5.78 Å². The summed E-state index contributed by atoms with van der Waals surface area (Å²) in [7, 11) is 2.71. The Kier molecular flexibility index (Phi) is 4.97. The zero-order valence-corrected chi connectivity index (χ0v) is 10.8. The van der Waals surface area contributed by atoms with Gasteiger partial charge in [-0.15, -0.1) is 11.6 Å². The minimum absolute atomic E-state index is 0.107. The molecule has 1 aromatic rings. The van der Waals surface area contributed by atoms with Gasteiger partial charge in [0.25, 0.3) is 0 Å². The maximum Gasteiger partial charge on any atom is 0.200 e. The summed E-state index contributed by atoms with van der Waals surface area (Å²) in [6, 6.07) is 2.70. The molecule has 98 valence electrons. The molecule has 0 aliphatic carbocycles. The van der Waals surface area contributed by atoms with Gasteiger partial charge in [0.15, 0.2) is 23.1 Å². The van der Waals surface area contributed by atoms with Crippen molar-refractivity contribution in [1.82, 2.24) is 0 Å². The van der Waals surface area contributed by atoms with Crippen molar-refractivity contribution in [2.24, 2.45) is 0 Å². The predicted molar refractivity (Wildman–Crippen MR) is 65.9 cm³/mol. The molecule has 0 unspecified atom stereocenters. The van der Waals surface area contributed by atoms with Crippen LogP contribution in [0.25, 0.3) is 0 Å². The van der Waals surface area contributed by atoms with Crippen LogP contribution in [0.4, 0.5) is 0 Å². The van der Waals surface area contributed by atoms with Crippen LogP contribution < -0.4 is 9.47 Å². The number of ketones is 2. The van der Waals surface area contributed by atoms with Gasteiger partial charge in [-0.1, -0.05) is 0 Å². The van der Waals surface area contributed by atoms with E-state index in [4.69, 9.17) is 21.1 Å². The first-order valence-electron chi connectivity index (χ1n) is 5.09. The van der Waals surface area contributed by atoms with Crippen LogP contribution in [-0.2, 0) is 4.79 Å². The van der Waals surface area contributed by atoms with E-state index >= 15 is 0 Å². The molecule has 0 saturated carbocycles. The second kappa shape index (κ2) is 6.26. The van der Waals surface area contributed by atoms with Crippen molar-refractivity contribution < 1.29 is 24.2 Å². The number of phenolic OH excluding ortho intramolecular Hbond substituents is 1. The number of alkyl halides is 1. The number of carbonyl (C=O) groups excluding carboxylic acids is 2. The predicted octanol–water partition coefficient (Wildman–Crippen LogP) is 1.79. The Morgan fingerprint density at radius 1 is 1.22 bits per heavy atom. The third-order valence-electron chi connectivity index (χ3n) is 2.31. The van der Waals surface area contributed by atoms with Crippen LogP contribution in [0.5, 0.6) is 17.2 Å². The molecule has 18 heavy (non-hydrogen) atoms. The Hall–Kier alpha value is -1.75. The second-order valence-corrected chi connectivity index (χ2v) is 3.77. The van der Waals surface area contributed by atoms with Crippen molar-refractivity contribution in [2.75, 3.05) is 20.1 Å². The van der Waals surface area contributed by atoms with Gasteiger partial charge in [0.2, 0.25) is 5.75 Å². The number of benzene rings is 1. The molecule has 0 aliphatic rings. The van der Waals surface area contributed by atoms with Gasteiger partial charge in [-0.25, -0.2) is 0 Å². The van der Waals surface area contributed by atoms with Crippen LogP contribution in [0.15, 0.2) is 12.1 Å². The average molecular weight is 273 g/mol. The normalized spacial score (nSPS) is 9.94. The molecule has 1 aromatic carbocycles. The zero-order valence-electron chi connectivity index (χ0n) is 10.0. The number of methoxy groups -OCH3 is 2. The van der Waals surface area contributed by atoms with E-state index in [0.717, 1.165) is 0 Å². The SMILES string of the molecule is COc1cc(C(=O)CC(=O)CCl)cc(OC)c1O. The van der Waals surface area contributed by atoms with Crippen LogP contribution in [0.2, 0.25) is 0 Å². The van der Waals surface area contributed by atoms with Crippen LogP contribution in [0.3, 0.4) is 0 Å². The van der Waals surface area contributed by atoms with Gasteiger partial charge in [-0.3, -0.25) is 9.59 Å². The smallest absolute Gasteiger partial charge is 0.200 e. The standard InChI is InChI=1S/C12H13ClO5/c1-17-10-3-7(4-11(18-2)12(10)16)9(15)5-8(14)6-13/h3-4,16H,5-6H2,1-2H3. The molecule has 0 aromatic heterocycles. The Bertz CT molecular complexity index is 445. The molecule has 0 heterocycles. The summed E-state index contributed by atoms with van der Waals surface area (Å²) in [6.07, 6.45) is -0.291. The number of hydrogen-bond acceptors (Lipinski definition) is 5. The molecule has 0 atom stereocenters. The van der Waals surface area contributed by atoms with Crippen LogP contribution in [0.1, 0.15) is 16.8 Å². The number of rotatable bonds is 6. The third-order valence-corrected chi connectivity index (χ3v) is 2.61. The Labute approximate surface area is 109 Å². The van der Waals surface area contributed by atoms with Crippen molar-refractivity contribution in [2.45, 2.75) is 6.42 Å². The molecule has 5 nitrogen and oxygen atoms in total. The lowest BCUT2D eigenvalue weighted by Crippen LogP contribution is -2.09. The minimum Gasteiger partial charge on any atom is -0.502 e. The summed E-state index contributed by atoms with van der Waals surface area (Å²) in [4.78, 5) is 22.9. The van der Waals surface area contributed by atoms with Crippen LogP contribution in [-0.4, -0.2) is 36.8 Å². The van der Waals surface area contributed by atoms with Crippen molar-refractivity contribution >= 4 is 23.2 Å².